The van der Waals surface area contributed by atoms with Gasteiger partial charge < -0.3 is 14.2 Å². The number of hydrogen-bond acceptors (Lipinski definition) is 4. The molecule has 2 heterocycles. The van der Waals surface area contributed by atoms with Gasteiger partial charge in [-0.05, 0) is 53.4 Å². The van der Waals surface area contributed by atoms with Gasteiger partial charge >= 0.3 is 0 Å². The minimum Gasteiger partial charge on any atom is -0.385 e. The molecule has 6 heteroatoms. The predicted molar refractivity (Wildman–Crippen MR) is 169 cm³/mol. The van der Waals surface area contributed by atoms with Crippen LogP contribution < -0.4 is 0 Å². The molecule has 0 fully saturated rings. The van der Waals surface area contributed by atoms with Crippen molar-refractivity contribution >= 4 is 34.1 Å². The first-order chi connectivity index (χ1) is 20.0. The summed E-state index contributed by atoms with van der Waals surface area (Å²) in [5.41, 5.74) is 6.69. The van der Waals surface area contributed by atoms with E-state index in [2.05, 4.69) is 61.6 Å². The summed E-state index contributed by atoms with van der Waals surface area (Å²) >= 11 is 6.59. The summed E-state index contributed by atoms with van der Waals surface area (Å²) in [6.45, 7) is 10.7. The van der Waals surface area contributed by atoms with Crippen LogP contribution in [0.25, 0.3) is 10.9 Å². The van der Waals surface area contributed by atoms with Gasteiger partial charge in [-0.1, -0.05) is 75.7 Å². The van der Waals surface area contributed by atoms with Crippen LogP contribution in [0, 0.1) is 10.8 Å². The van der Waals surface area contributed by atoms with Crippen LogP contribution in [0.2, 0.25) is 5.02 Å². The number of ketones is 2. The Morgan fingerprint density at radius 1 is 0.857 bits per heavy atom. The van der Waals surface area contributed by atoms with Gasteiger partial charge in [0.2, 0.25) is 0 Å². The maximum Gasteiger partial charge on any atom is 0.162 e. The monoisotopic (exact) mass is 584 g/mol. The lowest BCUT2D eigenvalue weighted by atomic mass is 9.63. The highest BCUT2D eigenvalue weighted by molar-refractivity contribution is 6.31. The molecule has 2 aliphatic carbocycles. The summed E-state index contributed by atoms with van der Waals surface area (Å²) in [4.78, 5) is 30.8. The molecule has 0 amide bonds. The number of carbonyl (C=O) groups is 2. The van der Waals surface area contributed by atoms with Crippen molar-refractivity contribution in [3.8, 4) is 0 Å². The van der Waals surface area contributed by atoms with Crippen molar-refractivity contribution in [2.45, 2.75) is 72.3 Å². The number of allylic oxidation sites excluding steroid dienone is 4. The number of Topliss-reactive ketones (excluding diaryl/α,β-unsaturated/α-hetero) is 2. The standard InChI is InChI=1S/C36H41ClN2O3/c1-35(2)17-28-33(30(40)19-35)32(34-29(39(28)15-10-16-42-5)18-36(3,4)20-31(34)41)25-22-38(27-14-9-7-12-24(25)27)21-23-11-6-8-13-26(23)37/h6-9,11-14,22,32H,10,15-21H2,1-5H3. The van der Waals surface area contributed by atoms with Crippen molar-refractivity contribution in [2.75, 3.05) is 20.3 Å². The Bertz CT molecular complexity index is 1590. The van der Waals surface area contributed by atoms with Gasteiger partial charge in [-0.15, -0.1) is 0 Å². The summed E-state index contributed by atoms with van der Waals surface area (Å²) in [5.74, 6) is -0.0523. The Labute approximate surface area is 254 Å². The van der Waals surface area contributed by atoms with Crippen LogP contribution in [-0.4, -0.2) is 41.3 Å². The number of ether oxygens (including phenoxy) is 1. The topological polar surface area (TPSA) is 51.5 Å². The van der Waals surface area contributed by atoms with Crippen molar-refractivity contribution in [3.63, 3.8) is 0 Å². The van der Waals surface area contributed by atoms with Gasteiger partial charge in [-0.2, -0.15) is 0 Å². The number of para-hydroxylation sites is 1. The molecule has 5 nitrogen and oxygen atoms in total. The Hall–Kier alpha value is -3.15. The average Bonchev–Trinajstić information content (AvgIpc) is 3.27. The van der Waals surface area contributed by atoms with Gasteiger partial charge in [0.05, 0.1) is 0 Å². The van der Waals surface area contributed by atoms with Crippen molar-refractivity contribution in [1.82, 2.24) is 9.47 Å². The third-order valence-electron chi connectivity index (χ3n) is 9.18. The molecule has 220 valence electrons. The number of hydrogen-bond donors (Lipinski definition) is 0. The Morgan fingerprint density at radius 3 is 2.07 bits per heavy atom. The number of halogens is 1. The van der Waals surface area contributed by atoms with Gasteiger partial charge in [-0.25, -0.2) is 0 Å². The number of benzene rings is 2. The minimum absolute atomic E-state index is 0.149. The molecule has 1 aliphatic heterocycles. The first-order valence-corrected chi connectivity index (χ1v) is 15.5. The largest absolute Gasteiger partial charge is 0.385 e. The average molecular weight is 585 g/mol. The van der Waals surface area contributed by atoms with E-state index in [4.69, 9.17) is 16.3 Å². The van der Waals surface area contributed by atoms with Crippen LogP contribution in [0.4, 0.5) is 0 Å². The van der Waals surface area contributed by atoms with Gasteiger partial charge in [-0.3, -0.25) is 9.59 Å². The van der Waals surface area contributed by atoms with Crippen molar-refractivity contribution in [3.05, 3.63) is 93.4 Å². The zero-order valence-corrected chi connectivity index (χ0v) is 26.2. The molecule has 0 saturated heterocycles. The molecule has 0 saturated carbocycles. The molecule has 1 aromatic heterocycles. The summed E-state index contributed by atoms with van der Waals surface area (Å²) in [5, 5.41) is 1.81. The van der Waals surface area contributed by atoms with E-state index in [1.807, 2.05) is 30.3 Å². The quantitative estimate of drug-likeness (QED) is 0.264. The number of fused-ring (bicyclic) bond motifs is 1. The fourth-order valence-electron chi connectivity index (χ4n) is 7.44. The minimum atomic E-state index is -0.377. The smallest absolute Gasteiger partial charge is 0.162 e. The summed E-state index contributed by atoms with van der Waals surface area (Å²) in [6, 6.07) is 16.3. The maximum absolute atomic E-state index is 14.2. The van der Waals surface area contributed by atoms with Crippen LogP contribution >= 0.6 is 11.6 Å². The molecule has 0 unspecified atom stereocenters. The first kappa shape index (κ1) is 28.9. The molecular formula is C36H41ClN2O3. The van der Waals surface area contributed by atoms with Gasteiger partial charge in [0.15, 0.2) is 11.6 Å². The van der Waals surface area contributed by atoms with E-state index in [1.165, 1.54) is 0 Å². The normalized spacial score (nSPS) is 20.4. The first-order valence-electron chi connectivity index (χ1n) is 15.1. The molecular weight excluding hydrogens is 544 g/mol. The SMILES string of the molecule is COCCCN1C2=C(C(=O)CC(C)(C)C2)C(c2cn(Cc3ccccc3Cl)c3ccccc23)C2=C1CC(C)(C)CC2=O. The van der Waals surface area contributed by atoms with E-state index in [9.17, 15) is 9.59 Å². The fourth-order valence-corrected chi connectivity index (χ4v) is 7.64. The van der Waals surface area contributed by atoms with Crippen molar-refractivity contribution in [2.24, 2.45) is 10.8 Å². The van der Waals surface area contributed by atoms with Crippen LogP contribution in [0.1, 0.15) is 76.8 Å². The van der Waals surface area contributed by atoms with Gasteiger partial charge in [0.1, 0.15) is 0 Å². The molecule has 2 aromatic carbocycles. The molecule has 0 spiro atoms. The van der Waals surface area contributed by atoms with Crippen LogP contribution in [0.3, 0.4) is 0 Å². The summed E-state index contributed by atoms with van der Waals surface area (Å²) in [7, 11) is 1.72. The lowest BCUT2D eigenvalue weighted by Gasteiger charge is -2.49. The molecule has 42 heavy (non-hydrogen) atoms. The van der Waals surface area contributed by atoms with E-state index in [-0.39, 0.29) is 28.3 Å². The second-order valence-electron chi connectivity index (χ2n) is 13.9. The van der Waals surface area contributed by atoms with Gasteiger partial charge in [0.25, 0.3) is 0 Å². The maximum atomic E-state index is 14.2. The zero-order valence-electron chi connectivity index (χ0n) is 25.4. The van der Waals surface area contributed by atoms with Crippen molar-refractivity contribution in [1.29, 1.82) is 0 Å². The van der Waals surface area contributed by atoms with Crippen molar-refractivity contribution < 1.29 is 14.3 Å². The van der Waals surface area contributed by atoms with E-state index >= 15 is 0 Å². The number of carbonyl (C=O) groups excluding carboxylic acids is 2. The number of methoxy groups -OCH3 is 1. The number of nitrogens with zero attached hydrogens (tertiary/aromatic N) is 2. The fraction of sp³-hybridized carbons (Fsp3) is 0.444. The Morgan fingerprint density at radius 2 is 1.45 bits per heavy atom. The van der Waals surface area contributed by atoms with Crippen LogP contribution in [0.5, 0.6) is 0 Å². The molecule has 6 rings (SSSR count). The summed E-state index contributed by atoms with van der Waals surface area (Å²) in [6.07, 6.45) is 5.58. The molecule has 3 aromatic rings. The van der Waals surface area contributed by atoms with Gasteiger partial charge in [0, 0.05) is 90.2 Å². The number of aromatic nitrogens is 1. The second-order valence-corrected chi connectivity index (χ2v) is 14.3. The van der Waals surface area contributed by atoms with Crippen LogP contribution in [-0.2, 0) is 20.9 Å². The molecule has 0 N–H and O–H groups in total. The van der Waals surface area contributed by atoms with E-state index < -0.39 is 0 Å². The predicted octanol–water partition coefficient (Wildman–Crippen LogP) is 8.07. The lowest BCUT2D eigenvalue weighted by molar-refractivity contribution is -0.119. The highest BCUT2D eigenvalue weighted by Crippen LogP contribution is 2.55. The zero-order chi connectivity index (χ0) is 29.8. The molecule has 0 radical (unpaired) electrons. The highest BCUT2D eigenvalue weighted by atomic mass is 35.5. The Kier molecular flexibility index (Phi) is 7.47. The molecule has 0 bridgehead atoms. The highest BCUT2D eigenvalue weighted by Gasteiger charge is 2.49. The molecule has 3 aliphatic rings. The lowest BCUT2D eigenvalue weighted by Crippen LogP contribution is -2.44. The van der Waals surface area contributed by atoms with E-state index in [1.54, 1.807) is 7.11 Å². The molecule has 0 atom stereocenters. The van der Waals surface area contributed by atoms with E-state index in [0.717, 1.165) is 75.4 Å². The van der Waals surface area contributed by atoms with E-state index in [0.29, 0.717) is 26.0 Å². The van der Waals surface area contributed by atoms with Crippen LogP contribution in [0.15, 0.2) is 77.3 Å². The Balaban J connectivity index is 1.59. The second kappa shape index (κ2) is 10.8. The third kappa shape index (κ3) is 5.16. The summed E-state index contributed by atoms with van der Waals surface area (Å²) < 4.78 is 7.65. The third-order valence-corrected chi connectivity index (χ3v) is 9.55. The number of rotatable bonds is 7.